The molecule has 2 aromatic heterocycles. The van der Waals surface area contributed by atoms with Crippen LogP contribution in [0.2, 0.25) is 0 Å². The average Bonchev–Trinajstić information content (AvgIpc) is 3.71. The molecule has 2 heterocycles. The first kappa shape index (κ1) is 27.2. The monoisotopic (exact) mass is 580 g/mol. The van der Waals surface area contributed by atoms with E-state index in [0.717, 1.165) is 25.7 Å². The van der Waals surface area contributed by atoms with Gasteiger partial charge in [-0.2, -0.15) is 0 Å². The number of para-hydroxylation sites is 1. The second-order valence-electron chi connectivity index (χ2n) is 12.2. The Labute approximate surface area is 265 Å². The van der Waals surface area contributed by atoms with Crippen LogP contribution in [0, 0.1) is 0 Å². The van der Waals surface area contributed by atoms with Gasteiger partial charge >= 0.3 is 0 Å². The first-order valence-electron chi connectivity index (χ1n) is 16.0. The fourth-order valence-electron chi connectivity index (χ4n) is 7.09. The Hall–Kier alpha value is -5.34. The van der Waals surface area contributed by atoms with E-state index < -0.39 is 0 Å². The van der Waals surface area contributed by atoms with Gasteiger partial charge in [-0.1, -0.05) is 109 Å². The van der Waals surface area contributed by atoms with Crippen molar-refractivity contribution in [3.8, 4) is 27.9 Å². The van der Waals surface area contributed by atoms with Crippen molar-refractivity contribution in [3.63, 3.8) is 0 Å². The van der Waals surface area contributed by atoms with Gasteiger partial charge in [-0.25, -0.2) is 0 Å². The van der Waals surface area contributed by atoms with Crippen molar-refractivity contribution < 1.29 is 0 Å². The number of H-pyrrole nitrogens is 1. The molecule has 2 nitrogen and oxygen atoms in total. The molecule has 0 radical (unpaired) electrons. The molecular formula is C43H36N2. The number of aromatic amines is 1. The second kappa shape index (κ2) is 11.6. The minimum atomic E-state index is 0.337. The lowest BCUT2D eigenvalue weighted by Crippen LogP contribution is -2.09. The Morgan fingerprint density at radius 3 is 2.29 bits per heavy atom. The van der Waals surface area contributed by atoms with Gasteiger partial charge in [0.05, 0.1) is 5.52 Å². The fourth-order valence-corrected chi connectivity index (χ4v) is 7.09. The zero-order valence-electron chi connectivity index (χ0n) is 25.4. The van der Waals surface area contributed by atoms with Gasteiger partial charge in [0.15, 0.2) is 0 Å². The number of hydrogen-bond donors (Lipinski definition) is 1. The summed E-state index contributed by atoms with van der Waals surface area (Å²) >= 11 is 0. The van der Waals surface area contributed by atoms with E-state index in [0.29, 0.717) is 5.92 Å². The second-order valence-corrected chi connectivity index (χ2v) is 12.2. The lowest BCUT2D eigenvalue weighted by atomic mass is 9.88. The standard InChI is InChI=1S/C43H36N2/c1-2-3-6-16-37-27-36(29-44-37)34-20-23-40-41-24-21-35-26-33(32-15-11-14-31(25-32)30-12-7-4-8-13-30)19-22-39(35)43(41)45(42(40)28-34)38-17-9-5-10-18-38/h2,4-5,7-15,17-27,29,34,44H,1,3,6,16,28H2. The van der Waals surface area contributed by atoms with Crippen LogP contribution in [0.15, 0.2) is 146 Å². The number of unbranched alkanes of at least 4 members (excludes halogenated alkanes) is 1. The molecule has 0 aliphatic heterocycles. The Kier molecular flexibility index (Phi) is 7.04. The minimum Gasteiger partial charge on any atom is -0.365 e. The van der Waals surface area contributed by atoms with Crippen molar-refractivity contribution in [1.82, 2.24) is 9.55 Å². The Bertz CT molecular complexity index is 2180. The number of nitrogens with zero attached hydrogens (tertiary/aromatic N) is 1. The summed E-state index contributed by atoms with van der Waals surface area (Å²) < 4.78 is 2.52. The highest BCUT2D eigenvalue weighted by Crippen LogP contribution is 2.41. The highest BCUT2D eigenvalue weighted by atomic mass is 15.0. The van der Waals surface area contributed by atoms with E-state index in [1.54, 1.807) is 0 Å². The van der Waals surface area contributed by atoms with Crippen LogP contribution in [0.25, 0.3) is 55.7 Å². The molecule has 1 aliphatic carbocycles. The molecule has 1 atom stereocenters. The van der Waals surface area contributed by atoms with E-state index in [4.69, 9.17) is 0 Å². The Morgan fingerprint density at radius 1 is 0.733 bits per heavy atom. The Balaban J connectivity index is 1.22. The summed E-state index contributed by atoms with van der Waals surface area (Å²) in [6.45, 7) is 3.87. The molecule has 7 aromatic rings. The van der Waals surface area contributed by atoms with Crippen LogP contribution < -0.4 is 0 Å². The van der Waals surface area contributed by atoms with Gasteiger partial charge in [-0.3, -0.25) is 0 Å². The largest absolute Gasteiger partial charge is 0.365 e. The maximum atomic E-state index is 3.87. The van der Waals surface area contributed by atoms with Gasteiger partial charge in [-0.15, -0.1) is 6.58 Å². The number of aromatic nitrogens is 2. The quantitative estimate of drug-likeness (QED) is 0.136. The number of aryl methyl sites for hydroxylation is 1. The van der Waals surface area contributed by atoms with Crippen LogP contribution in [-0.4, -0.2) is 9.55 Å². The van der Waals surface area contributed by atoms with E-state index in [1.807, 2.05) is 6.08 Å². The van der Waals surface area contributed by atoms with Gasteiger partial charge in [0, 0.05) is 45.5 Å². The number of nitrogens with one attached hydrogen (secondary N) is 1. The average molecular weight is 581 g/mol. The Morgan fingerprint density at radius 2 is 1.47 bits per heavy atom. The summed E-state index contributed by atoms with van der Waals surface area (Å²) in [5.41, 5.74) is 12.8. The lowest BCUT2D eigenvalue weighted by molar-refractivity contribution is 0.783. The fraction of sp³-hybridized carbons (Fsp3) is 0.116. The van der Waals surface area contributed by atoms with Crippen LogP contribution in [0.3, 0.4) is 0 Å². The maximum absolute atomic E-state index is 3.87. The van der Waals surface area contributed by atoms with Crippen LogP contribution in [0.4, 0.5) is 0 Å². The van der Waals surface area contributed by atoms with Crippen LogP contribution in [0.1, 0.15) is 41.3 Å². The smallest absolute Gasteiger partial charge is 0.0616 e. The van der Waals surface area contributed by atoms with Gasteiger partial charge < -0.3 is 9.55 Å². The van der Waals surface area contributed by atoms with E-state index >= 15 is 0 Å². The highest BCUT2D eigenvalue weighted by Gasteiger charge is 2.25. The van der Waals surface area contributed by atoms with Gasteiger partial charge in [-0.05, 0) is 89.2 Å². The maximum Gasteiger partial charge on any atom is 0.0616 e. The van der Waals surface area contributed by atoms with E-state index in [1.165, 1.54) is 72.1 Å². The molecule has 0 saturated carbocycles. The summed E-state index contributed by atoms with van der Waals surface area (Å²) in [7, 11) is 0. The topological polar surface area (TPSA) is 20.7 Å². The zero-order chi connectivity index (χ0) is 30.2. The van der Waals surface area contributed by atoms with E-state index in [-0.39, 0.29) is 0 Å². The molecule has 0 saturated heterocycles. The summed E-state index contributed by atoms with van der Waals surface area (Å²) in [6.07, 6.45) is 13.2. The predicted molar refractivity (Wildman–Crippen MR) is 191 cm³/mol. The molecule has 0 fully saturated rings. The summed E-state index contributed by atoms with van der Waals surface area (Å²) in [6, 6.07) is 44.3. The molecule has 8 rings (SSSR count). The van der Waals surface area contributed by atoms with Gasteiger partial charge in [0.2, 0.25) is 0 Å². The molecular weight excluding hydrogens is 544 g/mol. The van der Waals surface area contributed by atoms with Crippen molar-refractivity contribution >= 4 is 27.8 Å². The predicted octanol–water partition coefficient (Wildman–Crippen LogP) is 11.3. The molecule has 1 N–H and O–H groups in total. The molecule has 2 heteroatoms. The number of rotatable bonds is 8. The number of benzene rings is 5. The van der Waals surface area contributed by atoms with Crippen molar-refractivity contribution in [2.45, 2.75) is 31.6 Å². The molecule has 0 spiro atoms. The third-order valence-corrected chi connectivity index (χ3v) is 9.36. The van der Waals surface area contributed by atoms with Crippen LogP contribution in [0.5, 0.6) is 0 Å². The van der Waals surface area contributed by atoms with Crippen LogP contribution >= 0.6 is 0 Å². The third-order valence-electron chi connectivity index (χ3n) is 9.36. The first-order valence-corrected chi connectivity index (χ1v) is 16.0. The first-order chi connectivity index (χ1) is 22.3. The van der Waals surface area contributed by atoms with Gasteiger partial charge in [0.25, 0.3) is 0 Å². The van der Waals surface area contributed by atoms with Crippen LogP contribution in [-0.2, 0) is 12.8 Å². The molecule has 45 heavy (non-hydrogen) atoms. The number of fused-ring (bicyclic) bond motifs is 5. The number of hydrogen-bond acceptors (Lipinski definition) is 0. The molecule has 1 aliphatic rings. The van der Waals surface area contributed by atoms with Gasteiger partial charge in [0.1, 0.15) is 0 Å². The SMILES string of the molecule is C=CCCCc1cc(C2C=Cc3c(n(-c4ccccc4)c4c3ccc3cc(-c5cccc(-c6ccccc6)c5)ccc34)C2)c[nH]1. The summed E-state index contributed by atoms with van der Waals surface area (Å²) in [4.78, 5) is 3.54. The zero-order valence-corrected chi connectivity index (χ0v) is 25.4. The number of allylic oxidation sites excluding steroid dienone is 2. The van der Waals surface area contributed by atoms with E-state index in [2.05, 4.69) is 156 Å². The van der Waals surface area contributed by atoms with Crippen molar-refractivity contribution in [2.75, 3.05) is 0 Å². The molecule has 1 unspecified atom stereocenters. The van der Waals surface area contributed by atoms with Crippen molar-refractivity contribution in [2.24, 2.45) is 0 Å². The lowest BCUT2D eigenvalue weighted by Gasteiger charge is -2.20. The van der Waals surface area contributed by atoms with E-state index in [9.17, 15) is 0 Å². The molecule has 0 amide bonds. The summed E-state index contributed by atoms with van der Waals surface area (Å²) in [5, 5.41) is 3.85. The van der Waals surface area contributed by atoms with Crippen molar-refractivity contribution in [3.05, 3.63) is 169 Å². The molecule has 218 valence electrons. The third kappa shape index (κ3) is 5.03. The minimum absolute atomic E-state index is 0.337. The molecule has 0 bridgehead atoms. The normalized spacial score (nSPS) is 14.2. The highest BCUT2D eigenvalue weighted by molar-refractivity contribution is 6.11. The molecule has 5 aromatic carbocycles. The summed E-state index contributed by atoms with van der Waals surface area (Å²) in [5.74, 6) is 0.337. The van der Waals surface area contributed by atoms with Crippen molar-refractivity contribution in [1.29, 1.82) is 0 Å².